The number of halogens is 1. The molecule has 3 N–H and O–H groups in total. The summed E-state index contributed by atoms with van der Waals surface area (Å²) in [6.07, 6.45) is 0.569. The third-order valence-corrected chi connectivity index (χ3v) is 3.62. The molecule has 0 aliphatic rings. The molecule has 0 bridgehead atoms. The topological polar surface area (TPSA) is 61.8 Å². The predicted molar refractivity (Wildman–Crippen MR) is 77.7 cm³/mol. The van der Waals surface area contributed by atoms with Crippen molar-refractivity contribution in [3.8, 4) is 0 Å². The van der Waals surface area contributed by atoms with E-state index in [1.54, 1.807) is 0 Å². The molecule has 0 saturated carbocycles. The molecule has 100 valence electrons. The van der Waals surface area contributed by atoms with Gasteiger partial charge in [0.15, 0.2) is 0 Å². The highest BCUT2D eigenvalue weighted by molar-refractivity contribution is 9.10. The van der Waals surface area contributed by atoms with Crippen LogP contribution in [-0.2, 0) is 6.54 Å². The first-order chi connectivity index (χ1) is 8.54. The zero-order valence-electron chi connectivity index (χ0n) is 10.8. The van der Waals surface area contributed by atoms with Gasteiger partial charge in [0.05, 0.1) is 0 Å². The normalized spacial score (nSPS) is 12.4. The molecule has 0 amide bonds. The molecule has 1 rings (SSSR count). The second kappa shape index (κ2) is 7.38. The molecule has 4 nitrogen and oxygen atoms in total. The standard InChI is InChI=1S/C13H20BrN3O/c1-10(2)17(8-7-13(15)16-18)9-11-5-3-4-6-12(11)14/h3-6,10,18H,7-9H2,1-2H3,(H2,15,16). The highest BCUT2D eigenvalue weighted by Crippen LogP contribution is 2.19. The lowest BCUT2D eigenvalue weighted by Gasteiger charge is -2.26. The van der Waals surface area contributed by atoms with Gasteiger partial charge < -0.3 is 10.9 Å². The minimum absolute atomic E-state index is 0.271. The summed E-state index contributed by atoms with van der Waals surface area (Å²) in [4.78, 5) is 2.29. The Morgan fingerprint density at radius 1 is 1.44 bits per heavy atom. The van der Waals surface area contributed by atoms with Crippen LogP contribution in [0, 0.1) is 0 Å². The summed E-state index contributed by atoms with van der Waals surface area (Å²) in [7, 11) is 0. The Labute approximate surface area is 117 Å². The van der Waals surface area contributed by atoms with Gasteiger partial charge in [-0.25, -0.2) is 0 Å². The van der Waals surface area contributed by atoms with Crippen LogP contribution in [-0.4, -0.2) is 28.5 Å². The van der Waals surface area contributed by atoms with E-state index in [0.29, 0.717) is 12.5 Å². The SMILES string of the molecule is CC(C)N(CC/C(N)=N/O)Cc1ccccc1Br. The quantitative estimate of drug-likeness (QED) is 0.367. The van der Waals surface area contributed by atoms with E-state index in [4.69, 9.17) is 10.9 Å². The van der Waals surface area contributed by atoms with E-state index in [0.717, 1.165) is 17.6 Å². The Morgan fingerprint density at radius 2 is 2.11 bits per heavy atom. The molecule has 0 aliphatic carbocycles. The minimum Gasteiger partial charge on any atom is -0.409 e. The van der Waals surface area contributed by atoms with Gasteiger partial charge in [-0.15, -0.1) is 0 Å². The average molecular weight is 314 g/mol. The van der Waals surface area contributed by atoms with Crippen molar-refractivity contribution in [1.29, 1.82) is 0 Å². The van der Waals surface area contributed by atoms with Crippen molar-refractivity contribution in [2.24, 2.45) is 10.9 Å². The van der Waals surface area contributed by atoms with Crippen molar-refractivity contribution in [1.82, 2.24) is 4.90 Å². The van der Waals surface area contributed by atoms with E-state index in [-0.39, 0.29) is 5.84 Å². The van der Waals surface area contributed by atoms with E-state index in [9.17, 15) is 0 Å². The Balaban J connectivity index is 2.66. The van der Waals surface area contributed by atoms with Crippen LogP contribution < -0.4 is 5.73 Å². The maximum absolute atomic E-state index is 8.56. The van der Waals surface area contributed by atoms with Gasteiger partial charge in [0.25, 0.3) is 0 Å². The minimum atomic E-state index is 0.271. The average Bonchev–Trinajstić information content (AvgIpc) is 2.35. The van der Waals surface area contributed by atoms with Gasteiger partial charge in [-0.05, 0) is 25.5 Å². The lowest BCUT2D eigenvalue weighted by Crippen LogP contribution is -2.33. The smallest absolute Gasteiger partial charge is 0.140 e. The fourth-order valence-electron chi connectivity index (χ4n) is 1.67. The van der Waals surface area contributed by atoms with Crippen LogP contribution in [0.2, 0.25) is 0 Å². The Morgan fingerprint density at radius 3 is 2.67 bits per heavy atom. The van der Waals surface area contributed by atoms with Gasteiger partial charge in [-0.3, -0.25) is 4.90 Å². The lowest BCUT2D eigenvalue weighted by atomic mass is 10.2. The molecule has 0 atom stereocenters. The van der Waals surface area contributed by atoms with E-state index in [1.807, 2.05) is 18.2 Å². The highest BCUT2D eigenvalue weighted by Gasteiger charge is 2.12. The summed E-state index contributed by atoms with van der Waals surface area (Å²) in [5, 5.41) is 11.6. The molecule has 5 heteroatoms. The first-order valence-electron chi connectivity index (χ1n) is 5.98. The molecule has 0 aromatic heterocycles. The fraction of sp³-hybridized carbons (Fsp3) is 0.462. The van der Waals surface area contributed by atoms with Crippen molar-refractivity contribution in [2.45, 2.75) is 32.9 Å². The molecule has 0 radical (unpaired) electrons. The monoisotopic (exact) mass is 313 g/mol. The largest absolute Gasteiger partial charge is 0.409 e. The lowest BCUT2D eigenvalue weighted by molar-refractivity contribution is 0.217. The van der Waals surface area contributed by atoms with Gasteiger partial charge in [0.2, 0.25) is 0 Å². The van der Waals surface area contributed by atoms with Gasteiger partial charge in [-0.1, -0.05) is 39.3 Å². The molecule has 0 saturated heterocycles. The van der Waals surface area contributed by atoms with Crippen LogP contribution in [0.15, 0.2) is 33.9 Å². The molecule has 0 spiro atoms. The fourth-order valence-corrected chi connectivity index (χ4v) is 2.08. The second-order valence-electron chi connectivity index (χ2n) is 4.50. The van der Waals surface area contributed by atoms with Crippen LogP contribution in [0.5, 0.6) is 0 Å². The maximum Gasteiger partial charge on any atom is 0.140 e. The van der Waals surface area contributed by atoms with Gasteiger partial charge >= 0.3 is 0 Å². The van der Waals surface area contributed by atoms with E-state index >= 15 is 0 Å². The van der Waals surface area contributed by atoms with Crippen molar-refractivity contribution in [2.75, 3.05) is 6.54 Å². The molecule has 18 heavy (non-hydrogen) atoms. The highest BCUT2D eigenvalue weighted by atomic mass is 79.9. The van der Waals surface area contributed by atoms with Crippen LogP contribution in [0.1, 0.15) is 25.8 Å². The van der Waals surface area contributed by atoms with Gasteiger partial charge in [-0.2, -0.15) is 0 Å². The van der Waals surface area contributed by atoms with E-state index in [2.05, 4.69) is 45.9 Å². The van der Waals surface area contributed by atoms with Crippen LogP contribution in [0.4, 0.5) is 0 Å². The van der Waals surface area contributed by atoms with Crippen LogP contribution in [0.3, 0.4) is 0 Å². The second-order valence-corrected chi connectivity index (χ2v) is 5.35. The van der Waals surface area contributed by atoms with Crippen LogP contribution >= 0.6 is 15.9 Å². The first-order valence-corrected chi connectivity index (χ1v) is 6.77. The number of amidine groups is 1. The van der Waals surface area contributed by atoms with Gasteiger partial charge in [0, 0.05) is 30.0 Å². The summed E-state index contributed by atoms with van der Waals surface area (Å²) in [5.74, 6) is 0.271. The summed E-state index contributed by atoms with van der Waals surface area (Å²) in [6, 6.07) is 8.58. The third-order valence-electron chi connectivity index (χ3n) is 2.85. The van der Waals surface area contributed by atoms with Gasteiger partial charge in [0.1, 0.15) is 5.84 Å². The zero-order valence-corrected chi connectivity index (χ0v) is 12.4. The molecule has 1 aromatic carbocycles. The number of rotatable bonds is 6. The number of oxime groups is 1. The molecule has 1 aromatic rings. The summed E-state index contributed by atoms with van der Waals surface area (Å²) in [6.45, 7) is 5.90. The van der Waals surface area contributed by atoms with Crippen molar-refractivity contribution >= 4 is 21.8 Å². The van der Waals surface area contributed by atoms with E-state index in [1.165, 1.54) is 5.56 Å². The molecule has 0 heterocycles. The molecule has 0 unspecified atom stereocenters. The number of nitrogens with zero attached hydrogens (tertiary/aromatic N) is 2. The van der Waals surface area contributed by atoms with Crippen LogP contribution in [0.25, 0.3) is 0 Å². The number of nitrogens with two attached hydrogens (primary N) is 1. The summed E-state index contributed by atoms with van der Waals surface area (Å²) >= 11 is 3.55. The molecular weight excluding hydrogens is 294 g/mol. The number of benzene rings is 1. The van der Waals surface area contributed by atoms with Crippen molar-refractivity contribution in [3.05, 3.63) is 34.3 Å². The van der Waals surface area contributed by atoms with E-state index < -0.39 is 0 Å². The third kappa shape index (κ3) is 4.66. The molecular formula is C13H20BrN3O. The maximum atomic E-state index is 8.56. The van der Waals surface area contributed by atoms with Crippen molar-refractivity contribution < 1.29 is 5.21 Å². The molecule has 0 fully saturated rings. The Hall–Kier alpha value is -1.07. The van der Waals surface area contributed by atoms with Crippen molar-refractivity contribution in [3.63, 3.8) is 0 Å². The zero-order chi connectivity index (χ0) is 13.5. The Kier molecular flexibility index (Phi) is 6.15. The number of hydrogen-bond donors (Lipinski definition) is 2. The first kappa shape index (κ1) is 15.0. The predicted octanol–water partition coefficient (Wildman–Crippen LogP) is 2.80. The molecule has 0 aliphatic heterocycles. The number of hydrogen-bond acceptors (Lipinski definition) is 3. The Bertz CT molecular complexity index is 407. The summed E-state index contributed by atoms with van der Waals surface area (Å²) < 4.78 is 1.11. The summed E-state index contributed by atoms with van der Waals surface area (Å²) in [5.41, 5.74) is 6.75.